The summed E-state index contributed by atoms with van der Waals surface area (Å²) in [6.45, 7) is 5.33. The molecule has 0 N–H and O–H groups in total. The summed E-state index contributed by atoms with van der Waals surface area (Å²) >= 11 is 0. The smallest absolute Gasteiger partial charge is 0.119 e. The lowest BCUT2D eigenvalue weighted by Gasteiger charge is -2.25. The highest BCUT2D eigenvalue weighted by molar-refractivity contribution is 5.40. The largest absolute Gasteiger partial charge is 0.494 e. The van der Waals surface area contributed by atoms with Gasteiger partial charge in [0.1, 0.15) is 5.75 Å². The van der Waals surface area contributed by atoms with Gasteiger partial charge in [0.05, 0.1) is 6.61 Å². The molecule has 0 aliphatic heterocycles. The van der Waals surface area contributed by atoms with Crippen LogP contribution in [0.2, 0.25) is 0 Å². The third kappa shape index (κ3) is 11.7. The summed E-state index contributed by atoms with van der Waals surface area (Å²) in [5.41, 5.74) is 1.01. The lowest BCUT2D eigenvalue weighted by atomic mass is 9.80. The van der Waals surface area contributed by atoms with Crippen molar-refractivity contribution in [3.05, 3.63) is 42.0 Å². The molecule has 1 heteroatoms. The minimum absolute atomic E-state index is 0.583. The molecule has 1 aliphatic rings. The Hall–Kier alpha value is -2.12. The predicted octanol–water partition coefficient (Wildman–Crippen LogP) is 8.33. The van der Waals surface area contributed by atoms with Crippen LogP contribution in [0.5, 0.6) is 5.75 Å². The van der Waals surface area contributed by atoms with Gasteiger partial charge >= 0.3 is 0 Å². The van der Waals surface area contributed by atoms with Gasteiger partial charge in [0.2, 0.25) is 0 Å². The Morgan fingerprint density at radius 1 is 0.806 bits per heavy atom. The molecule has 1 aromatic rings. The van der Waals surface area contributed by atoms with Crippen molar-refractivity contribution in [2.45, 2.75) is 97.3 Å². The van der Waals surface area contributed by atoms with Crippen molar-refractivity contribution in [2.24, 2.45) is 11.8 Å². The average Bonchev–Trinajstić information content (AvgIpc) is 2.80. The zero-order valence-electron chi connectivity index (χ0n) is 19.9. The normalized spacial score (nSPS) is 18.1. The van der Waals surface area contributed by atoms with Crippen LogP contribution in [0.25, 0.3) is 0 Å². The summed E-state index contributed by atoms with van der Waals surface area (Å²) in [5, 5.41) is 0. The molecule has 0 spiro atoms. The Balaban J connectivity index is 1.63. The first-order chi connectivity index (χ1) is 15.3. The number of rotatable bonds is 11. The summed E-state index contributed by atoms with van der Waals surface area (Å²) in [7, 11) is 0. The van der Waals surface area contributed by atoms with E-state index in [0.717, 1.165) is 30.3 Å². The summed E-state index contributed by atoms with van der Waals surface area (Å²) in [6, 6.07) is 8.08. The Kier molecular flexibility index (Phi) is 13.4. The van der Waals surface area contributed by atoms with Crippen molar-refractivity contribution in [2.75, 3.05) is 6.61 Å². The van der Waals surface area contributed by atoms with Crippen LogP contribution in [-0.2, 0) is 0 Å². The first-order valence-electron chi connectivity index (χ1n) is 12.7. The van der Waals surface area contributed by atoms with Crippen molar-refractivity contribution in [3.8, 4) is 29.4 Å². The van der Waals surface area contributed by atoms with Gasteiger partial charge in [-0.2, -0.15) is 0 Å². The molecule has 168 valence electrons. The van der Waals surface area contributed by atoms with Gasteiger partial charge in [0, 0.05) is 11.5 Å². The number of unbranched alkanes of at least 4 members (excludes halogenated alkanes) is 6. The van der Waals surface area contributed by atoms with E-state index in [9.17, 15) is 0 Å². The molecule has 0 heterocycles. The van der Waals surface area contributed by atoms with E-state index in [1.165, 1.54) is 77.0 Å². The molecule has 0 radical (unpaired) electrons. The standard InChI is InChI=1S/C30H42O/c1-3-5-7-10-14-26-31-30-24-22-29(23-25-30)17-13-9-8-12-16-28-20-18-27(19-21-28)15-11-6-4-2/h8-9,22-25,27-28H,3-7,10-11,14-15,18-21,26H2,1-2H3/b9-8+/t27-,28-. The topological polar surface area (TPSA) is 9.23 Å². The highest BCUT2D eigenvalue weighted by Crippen LogP contribution is 2.31. The molecule has 1 aromatic carbocycles. The lowest BCUT2D eigenvalue weighted by Crippen LogP contribution is -2.13. The predicted molar refractivity (Wildman–Crippen MR) is 134 cm³/mol. The Morgan fingerprint density at radius 2 is 1.48 bits per heavy atom. The van der Waals surface area contributed by atoms with E-state index in [0.29, 0.717) is 5.92 Å². The number of benzene rings is 1. The lowest BCUT2D eigenvalue weighted by molar-refractivity contribution is 0.294. The minimum Gasteiger partial charge on any atom is -0.494 e. The molecule has 2 rings (SSSR count). The van der Waals surface area contributed by atoms with Crippen molar-refractivity contribution in [3.63, 3.8) is 0 Å². The summed E-state index contributed by atoms with van der Waals surface area (Å²) in [6.07, 6.45) is 20.9. The third-order valence-electron chi connectivity index (χ3n) is 6.19. The first-order valence-corrected chi connectivity index (χ1v) is 12.7. The zero-order valence-corrected chi connectivity index (χ0v) is 19.9. The van der Waals surface area contributed by atoms with E-state index in [4.69, 9.17) is 4.74 Å². The Bertz CT molecular complexity index is 727. The van der Waals surface area contributed by atoms with Gasteiger partial charge in [-0.15, -0.1) is 0 Å². The SMILES string of the molecule is CCCCCCCOc1ccc(C#C/C=C/C#C[C@H]2CC[C@H](CCCCC)CC2)cc1. The molecule has 1 fully saturated rings. The second-order valence-electron chi connectivity index (χ2n) is 8.89. The monoisotopic (exact) mass is 418 g/mol. The van der Waals surface area contributed by atoms with Crippen molar-refractivity contribution < 1.29 is 4.74 Å². The zero-order chi connectivity index (χ0) is 22.0. The van der Waals surface area contributed by atoms with Crippen molar-refractivity contribution in [1.29, 1.82) is 0 Å². The van der Waals surface area contributed by atoms with Crippen molar-refractivity contribution >= 4 is 0 Å². The summed E-state index contributed by atoms with van der Waals surface area (Å²) in [5.74, 6) is 15.4. The molecule has 1 aliphatic carbocycles. The maximum Gasteiger partial charge on any atom is 0.119 e. The van der Waals surface area contributed by atoms with Crippen LogP contribution in [0.4, 0.5) is 0 Å². The van der Waals surface area contributed by atoms with Crippen LogP contribution < -0.4 is 4.74 Å². The average molecular weight is 419 g/mol. The quantitative estimate of drug-likeness (QED) is 0.259. The number of ether oxygens (including phenoxy) is 1. The second kappa shape index (κ2) is 16.6. The van der Waals surface area contributed by atoms with E-state index < -0.39 is 0 Å². The molecular formula is C30H42O. The van der Waals surface area contributed by atoms with Gasteiger partial charge in [-0.05, 0) is 74.4 Å². The molecule has 0 saturated heterocycles. The molecule has 0 amide bonds. The fraction of sp³-hybridized carbons (Fsp3) is 0.600. The van der Waals surface area contributed by atoms with Crippen molar-refractivity contribution in [1.82, 2.24) is 0 Å². The minimum atomic E-state index is 0.583. The van der Waals surface area contributed by atoms with E-state index in [1.54, 1.807) is 0 Å². The maximum absolute atomic E-state index is 5.81. The van der Waals surface area contributed by atoms with E-state index in [1.807, 2.05) is 36.4 Å². The highest BCUT2D eigenvalue weighted by Gasteiger charge is 2.19. The maximum atomic E-state index is 5.81. The fourth-order valence-corrected chi connectivity index (χ4v) is 4.18. The summed E-state index contributed by atoms with van der Waals surface area (Å²) < 4.78 is 5.81. The van der Waals surface area contributed by atoms with Crippen LogP contribution in [0.1, 0.15) is 103 Å². The van der Waals surface area contributed by atoms with Crippen LogP contribution in [0.15, 0.2) is 36.4 Å². The first kappa shape index (κ1) is 25.1. The van der Waals surface area contributed by atoms with Crippen LogP contribution >= 0.6 is 0 Å². The van der Waals surface area contributed by atoms with E-state index in [-0.39, 0.29) is 0 Å². The highest BCUT2D eigenvalue weighted by atomic mass is 16.5. The van der Waals surface area contributed by atoms with Crippen LogP contribution in [-0.4, -0.2) is 6.61 Å². The van der Waals surface area contributed by atoms with Gasteiger partial charge in [-0.1, -0.05) is 88.9 Å². The van der Waals surface area contributed by atoms with Gasteiger partial charge in [0.15, 0.2) is 0 Å². The Labute approximate surface area is 192 Å². The van der Waals surface area contributed by atoms with Gasteiger partial charge < -0.3 is 4.74 Å². The molecule has 0 aromatic heterocycles. The van der Waals surface area contributed by atoms with Gasteiger partial charge in [-0.25, -0.2) is 0 Å². The number of hydrogen-bond acceptors (Lipinski definition) is 1. The second-order valence-corrected chi connectivity index (χ2v) is 8.89. The van der Waals surface area contributed by atoms with Gasteiger partial charge in [0.25, 0.3) is 0 Å². The third-order valence-corrected chi connectivity index (χ3v) is 6.19. The molecule has 0 unspecified atom stereocenters. The molecule has 31 heavy (non-hydrogen) atoms. The van der Waals surface area contributed by atoms with Crippen LogP contribution in [0, 0.1) is 35.5 Å². The molecule has 0 atom stereocenters. The molecule has 1 nitrogen and oxygen atoms in total. The Morgan fingerprint density at radius 3 is 2.23 bits per heavy atom. The number of allylic oxidation sites excluding steroid dienone is 2. The van der Waals surface area contributed by atoms with E-state index >= 15 is 0 Å². The van der Waals surface area contributed by atoms with Crippen LogP contribution in [0.3, 0.4) is 0 Å². The summed E-state index contributed by atoms with van der Waals surface area (Å²) in [4.78, 5) is 0. The molecule has 0 bridgehead atoms. The van der Waals surface area contributed by atoms with Gasteiger partial charge in [-0.3, -0.25) is 0 Å². The van der Waals surface area contributed by atoms with E-state index in [2.05, 4.69) is 37.5 Å². The fourth-order valence-electron chi connectivity index (χ4n) is 4.18. The molecule has 1 saturated carbocycles. The number of hydrogen-bond donors (Lipinski definition) is 0. The molecular weight excluding hydrogens is 376 g/mol.